The number of aryl methyl sites for hydroxylation is 2. The van der Waals surface area contributed by atoms with Crippen LogP contribution < -0.4 is 0 Å². The summed E-state index contributed by atoms with van der Waals surface area (Å²) in [6.45, 7) is 5.97. The van der Waals surface area contributed by atoms with E-state index in [1.807, 2.05) is 50.6 Å². The summed E-state index contributed by atoms with van der Waals surface area (Å²) in [4.78, 5) is 14.2. The van der Waals surface area contributed by atoms with Crippen molar-refractivity contribution in [1.82, 2.24) is 14.7 Å². The Morgan fingerprint density at radius 3 is 2.47 bits per heavy atom. The van der Waals surface area contributed by atoms with Gasteiger partial charge in [-0.1, -0.05) is 6.92 Å². The highest BCUT2D eigenvalue weighted by Gasteiger charge is 2.30. The number of likely N-dealkylation sites (N-methyl/N-ethyl adjacent to an activating group) is 1. The maximum Gasteiger partial charge on any atom is 0.158 e. The fourth-order valence-electron chi connectivity index (χ4n) is 1.54. The molecule has 0 saturated carbocycles. The van der Waals surface area contributed by atoms with Crippen molar-refractivity contribution >= 4 is 5.78 Å². The van der Waals surface area contributed by atoms with E-state index in [4.69, 9.17) is 0 Å². The summed E-state index contributed by atoms with van der Waals surface area (Å²) < 4.78 is 1.81. The molecule has 0 unspecified atom stereocenters. The van der Waals surface area contributed by atoms with Crippen molar-refractivity contribution in [2.24, 2.45) is 7.05 Å². The minimum absolute atomic E-state index is 0.216. The average Bonchev–Trinajstić information content (AvgIpc) is 2.59. The van der Waals surface area contributed by atoms with Crippen LogP contribution in [0.2, 0.25) is 0 Å². The molecule has 1 rings (SSSR count). The van der Waals surface area contributed by atoms with Gasteiger partial charge >= 0.3 is 0 Å². The summed E-state index contributed by atoms with van der Waals surface area (Å²) in [5, 5.41) is 4.36. The van der Waals surface area contributed by atoms with Gasteiger partial charge in [-0.25, -0.2) is 0 Å². The van der Waals surface area contributed by atoms with Crippen molar-refractivity contribution in [3.8, 4) is 0 Å². The van der Waals surface area contributed by atoms with Gasteiger partial charge in [-0.3, -0.25) is 14.4 Å². The van der Waals surface area contributed by atoms with Gasteiger partial charge < -0.3 is 0 Å². The summed E-state index contributed by atoms with van der Waals surface area (Å²) >= 11 is 0. The molecule has 0 bridgehead atoms. The third kappa shape index (κ3) is 2.94. The fourth-order valence-corrected chi connectivity index (χ4v) is 1.54. The van der Waals surface area contributed by atoms with E-state index >= 15 is 0 Å². The van der Waals surface area contributed by atoms with Crippen LogP contribution in [0.25, 0.3) is 0 Å². The Kier molecular flexibility index (Phi) is 4.09. The van der Waals surface area contributed by atoms with Crippen LogP contribution in [0.5, 0.6) is 0 Å². The smallest absolute Gasteiger partial charge is 0.158 e. The quantitative estimate of drug-likeness (QED) is 0.777. The Balaban J connectivity index is 2.84. The van der Waals surface area contributed by atoms with Gasteiger partial charge in [0.15, 0.2) is 5.78 Å². The summed E-state index contributed by atoms with van der Waals surface area (Å²) in [5.74, 6) is 0.216. The monoisotopic (exact) mass is 237 g/mol. The van der Waals surface area contributed by atoms with Crippen LogP contribution in [0.3, 0.4) is 0 Å². The molecular formula is C13H23N3O. The van der Waals surface area contributed by atoms with Gasteiger partial charge in [-0.15, -0.1) is 0 Å². The molecule has 0 aliphatic carbocycles. The van der Waals surface area contributed by atoms with Gasteiger partial charge in [-0.2, -0.15) is 5.10 Å². The Labute approximate surface area is 104 Å². The van der Waals surface area contributed by atoms with E-state index in [0.29, 0.717) is 6.42 Å². The van der Waals surface area contributed by atoms with E-state index in [1.165, 1.54) is 0 Å². The van der Waals surface area contributed by atoms with Gasteiger partial charge in [0.2, 0.25) is 0 Å². The first kappa shape index (κ1) is 13.9. The number of nitrogens with zero attached hydrogens (tertiary/aromatic N) is 3. The number of rotatable bonds is 5. The molecule has 0 saturated heterocycles. The van der Waals surface area contributed by atoms with E-state index in [2.05, 4.69) is 12.0 Å². The molecule has 96 valence electrons. The number of Topliss-reactive ketones (excluding diaryl/α,β-unsaturated/α-hetero) is 1. The summed E-state index contributed by atoms with van der Waals surface area (Å²) in [5.41, 5.74) is 1.59. The molecular weight excluding hydrogens is 214 g/mol. The molecule has 1 heterocycles. The molecule has 0 N–H and O–H groups in total. The minimum atomic E-state index is -0.434. The molecule has 1 aromatic rings. The molecule has 0 aliphatic rings. The van der Waals surface area contributed by atoms with Crippen LogP contribution in [-0.2, 0) is 24.7 Å². The lowest BCUT2D eigenvalue weighted by Gasteiger charge is -2.30. The van der Waals surface area contributed by atoms with Crippen LogP contribution in [-0.4, -0.2) is 40.1 Å². The normalized spacial score (nSPS) is 12.2. The molecule has 1 aromatic heterocycles. The van der Waals surface area contributed by atoms with Crippen molar-refractivity contribution in [2.75, 3.05) is 14.1 Å². The summed E-state index contributed by atoms with van der Waals surface area (Å²) in [6, 6.07) is 2.02. The standard InChI is InChI=1S/C13H23N3O/c1-7-10-8-11(16(6)14-10)9-12(17)13(2,3)15(4)5/h8H,7,9H2,1-6H3. The van der Waals surface area contributed by atoms with Crippen molar-refractivity contribution in [3.05, 3.63) is 17.5 Å². The molecule has 0 aliphatic heterocycles. The fraction of sp³-hybridized carbons (Fsp3) is 0.692. The van der Waals surface area contributed by atoms with Gasteiger partial charge in [-0.05, 0) is 40.4 Å². The first-order valence-corrected chi connectivity index (χ1v) is 6.01. The third-order valence-corrected chi connectivity index (χ3v) is 3.53. The zero-order valence-electron chi connectivity index (χ0n) is 11.7. The molecule has 0 amide bonds. The summed E-state index contributed by atoms with van der Waals surface area (Å²) in [7, 11) is 5.75. The Bertz CT molecular complexity index is 405. The second kappa shape index (κ2) is 5.00. The topological polar surface area (TPSA) is 38.1 Å². The van der Waals surface area contributed by atoms with Crippen molar-refractivity contribution in [3.63, 3.8) is 0 Å². The molecule has 17 heavy (non-hydrogen) atoms. The van der Waals surface area contributed by atoms with E-state index in [-0.39, 0.29) is 5.78 Å². The molecule has 4 nitrogen and oxygen atoms in total. The van der Waals surface area contributed by atoms with Crippen LogP contribution in [0.4, 0.5) is 0 Å². The SMILES string of the molecule is CCc1cc(CC(=O)C(C)(C)N(C)C)n(C)n1. The maximum atomic E-state index is 12.2. The van der Waals surface area contributed by atoms with E-state index in [0.717, 1.165) is 17.8 Å². The number of hydrogen-bond acceptors (Lipinski definition) is 3. The van der Waals surface area contributed by atoms with E-state index < -0.39 is 5.54 Å². The lowest BCUT2D eigenvalue weighted by Crippen LogP contribution is -2.46. The predicted octanol–water partition coefficient (Wildman–Crippen LogP) is 1.43. The number of carbonyl (C=O) groups is 1. The van der Waals surface area contributed by atoms with Crippen molar-refractivity contribution < 1.29 is 4.79 Å². The molecule has 0 spiro atoms. The van der Waals surface area contributed by atoms with Gasteiger partial charge in [0.25, 0.3) is 0 Å². The van der Waals surface area contributed by atoms with Crippen LogP contribution in [0.15, 0.2) is 6.07 Å². The van der Waals surface area contributed by atoms with Crippen molar-refractivity contribution in [1.29, 1.82) is 0 Å². The van der Waals surface area contributed by atoms with Crippen LogP contribution in [0.1, 0.15) is 32.2 Å². The largest absolute Gasteiger partial charge is 0.298 e. The highest BCUT2D eigenvalue weighted by atomic mass is 16.1. The lowest BCUT2D eigenvalue weighted by atomic mass is 9.94. The zero-order valence-corrected chi connectivity index (χ0v) is 11.7. The van der Waals surface area contributed by atoms with Crippen LogP contribution >= 0.6 is 0 Å². The van der Waals surface area contributed by atoms with Crippen molar-refractivity contribution in [2.45, 2.75) is 39.2 Å². The average molecular weight is 237 g/mol. The number of aromatic nitrogens is 2. The number of ketones is 1. The minimum Gasteiger partial charge on any atom is -0.298 e. The first-order chi connectivity index (χ1) is 7.78. The predicted molar refractivity (Wildman–Crippen MR) is 69.1 cm³/mol. The Hall–Kier alpha value is -1.16. The summed E-state index contributed by atoms with van der Waals surface area (Å²) in [6.07, 6.45) is 1.34. The second-order valence-electron chi connectivity index (χ2n) is 5.16. The van der Waals surface area contributed by atoms with Gasteiger partial charge in [0.1, 0.15) is 0 Å². The first-order valence-electron chi connectivity index (χ1n) is 6.01. The van der Waals surface area contributed by atoms with Gasteiger partial charge in [0.05, 0.1) is 17.7 Å². The lowest BCUT2D eigenvalue weighted by molar-refractivity contribution is -0.127. The van der Waals surface area contributed by atoms with E-state index in [1.54, 1.807) is 0 Å². The zero-order chi connectivity index (χ0) is 13.2. The highest BCUT2D eigenvalue weighted by Crippen LogP contribution is 2.15. The molecule has 0 aromatic carbocycles. The maximum absolute atomic E-state index is 12.2. The number of hydrogen-bond donors (Lipinski definition) is 0. The molecule has 0 radical (unpaired) electrons. The molecule has 0 fully saturated rings. The van der Waals surface area contributed by atoms with Gasteiger partial charge in [0, 0.05) is 12.7 Å². The van der Waals surface area contributed by atoms with E-state index in [9.17, 15) is 4.79 Å². The van der Waals surface area contributed by atoms with Crippen LogP contribution in [0, 0.1) is 0 Å². The highest BCUT2D eigenvalue weighted by molar-refractivity contribution is 5.89. The Morgan fingerprint density at radius 1 is 1.47 bits per heavy atom. The third-order valence-electron chi connectivity index (χ3n) is 3.53. The molecule has 4 heteroatoms. The molecule has 0 atom stereocenters. The second-order valence-corrected chi connectivity index (χ2v) is 5.16. The number of carbonyl (C=O) groups excluding carboxylic acids is 1. The Morgan fingerprint density at radius 2 is 2.06 bits per heavy atom.